The van der Waals surface area contributed by atoms with Gasteiger partial charge in [-0.15, -0.1) is 21.5 Å². The first-order valence-electron chi connectivity index (χ1n) is 8.81. The van der Waals surface area contributed by atoms with E-state index in [0.29, 0.717) is 11.3 Å². The molecule has 6 rings (SSSR count). The van der Waals surface area contributed by atoms with E-state index in [1.165, 1.54) is 20.2 Å². The van der Waals surface area contributed by atoms with Gasteiger partial charge in [0.05, 0.1) is 0 Å². The van der Waals surface area contributed by atoms with Gasteiger partial charge in [0.15, 0.2) is 0 Å². The molecule has 0 aliphatic carbocycles. The monoisotopic (exact) mass is 380 g/mol. The van der Waals surface area contributed by atoms with Crippen LogP contribution in [-0.2, 0) is 0 Å². The zero-order valence-corrected chi connectivity index (χ0v) is 15.3. The van der Waals surface area contributed by atoms with Crippen molar-refractivity contribution in [3.05, 3.63) is 72.8 Å². The lowest BCUT2D eigenvalue weighted by Gasteiger charge is -2.09. The van der Waals surface area contributed by atoms with Crippen molar-refractivity contribution in [2.75, 3.05) is 0 Å². The van der Waals surface area contributed by atoms with Crippen LogP contribution in [-0.4, -0.2) is 30.2 Å². The van der Waals surface area contributed by atoms with Gasteiger partial charge in [-0.2, -0.15) is 0 Å². The second-order valence-electron chi connectivity index (χ2n) is 6.41. The molecule has 0 radical (unpaired) electrons. The highest BCUT2D eigenvalue weighted by Gasteiger charge is 2.20. The zero-order valence-electron chi connectivity index (χ0n) is 14.5. The van der Waals surface area contributed by atoms with Gasteiger partial charge < -0.3 is 0 Å². The van der Waals surface area contributed by atoms with E-state index in [1.54, 1.807) is 11.3 Å². The highest BCUT2D eigenvalue weighted by Crippen LogP contribution is 2.40. The van der Waals surface area contributed by atoms with Crippen LogP contribution < -0.4 is 0 Å². The second kappa shape index (κ2) is 5.90. The van der Waals surface area contributed by atoms with E-state index in [9.17, 15) is 0 Å². The van der Waals surface area contributed by atoms with Crippen molar-refractivity contribution in [1.29, 1.82) is 0 Å². The fourth-order valence-corrected chi connectivity index (χ4v) is 4.82. The Morgan fingerprint density at radius 1 is 0.714 bits per heavy atom. The number of hydrogen-bond donors (Lipinski definition) is 0. The number of benzene rings is 3. The molecule has 0 spiro atoms. The number of nitrogens with zero attached hydrogens (tertiary/aromatic N) is 6. The summed E-state index contributed by atoms with van der Waals surface area (Å²) in [5, 5.41) is 18.2. The van der Waals surface area contributed by atoms with Gasteiger partial charge >= 0.3 is 0 Å². The van der Waals surface area contributed by atoms with Crippen LogP contribution in [0.5, 0.6) is 0 Å². The highest BCUT2D eigenvalue weighted by atomic mass is 32.1. The fraction of sp³-hybridized carbons (Fsp3) is 0. The van der Waals surface area contributed by atoms with E-state index in [2.05, 4.69) is 63.1 Å². The van der Waals surface area contributed by atoms with Crippen LogP contribution in [0.1, 0.15) is 0 Å². The molecule has 0 aliphatic heterocycles. The molecule has 0 fully saturated rings. The number of imidazole rings is 1. The van der Waals surface area contributed by atoms with Crippen LogP contribution in [0.2, 0.25) is 0 Å². The summed E-state index contributed by atoms with van der Waals surface area (Å²) in [6.45, 7) is 0. The number of fused-ring (bicyclic) bond motifs is 4. The molecule has 0 atom stereocenters. The molecular formula is C21H12N6S. The van der Waals surface area contributed by atoms with Crippen LogP contribution in [0.3, 0.4) is 0 Å². The minimum absolute atomic E-state index is 0.479. The number of rotatable bonds is 2. The third-order valence-electron chi connectivity index (χ3n) is 4.81. The molecule has 0 bridgehead atoms. The Bertz CT molecular complexity index is 1470. The van der Waals surface area contributed by atoms with Gasteiger partial charge in [-0.25, -0.2) is 4.98 Å². The van der Waals surface area contributed by atoms with Crippen molar-refractivity contribution in [2.24, 2.45) is 0 Å². The Labute approximate surface area is 163 Å². The summed E-state index contributed by atoms with van der Waals surface area (Å²) in [5.41, 5.74) is 3.07. The van der Waals surface area contributed by atoms with E-state index in [1.807, 2.05) is 34.9 Å². The molecule has 0 saturated heterocycles. The molecule has 0 amide bonds. The predicted octanol–water partition coefficient (Wildman–Crippen LogP) is 4.64. The lowest BCUT2D eigenvalue weighted by Crippen LogP contribution is -2.00. The molecule has 28 heavy (non-hydrogen) atoms. The van der Waals surface area contributed by atoms with Crippen molar-refractivity contribution >= 4 is 42.8 Å². The Morgan fingerprint density at radius 3 is 2.43 bits per heavy atom. The average Bonchev–Trinajstić information content (AvgIpc) is 3.33. The number of aromatic nitrogens is 6. The summed E-state index contributed by atoms with van der Waals surface area (Å²) in [6, 6.07) is 24.8. The van der Waals surface area contributed by atoms with Gasteiger partial charge in [0.2, 0.25) is 11.3 Å². The van der Waals surface area contributed by atoms with E-state index in [-0.39, 0.29) is 0 Å². The van der Waals surface area contributed by atoms with Crippen LogP contribution in [0.15, 0.2) is 72.8 Å². The van der Waals surface area contributed by atoms with Gasteiger partial charge in [0.1, 0.15) is 5.82 Å². The van der Waals surface area contributed by atoms with Gasteiger partial charge in [0.25, 0.3) is 0 Å². The lowest BCUT2D eigenvalue weighted by atomic mass is 10.1. The zero-order chi connectivity index (χ0) is 18.5. The molecule has 3 heterocycles. The number of para-hydroxylation sites is 1. The van der Waals surface area contributed by atoms with Gasteiger partial charge in [-0.1, -0.05) is 48.5 Å². The number of hydrogen-bond acceptors (Lipinski definition) is 6. The summed E-state index contributed by atoms with van der Waals surface area (Å²) < 4.78 is 4.44. The molecule has 6 aromatic rings. The Hall–Kier alpha value is -3.71. The third-order valence-corrected chi connectivity index (χ3v) is 6.03. The normalized spacial score (nSPS) is 11.6. The standard InChI is InChI=1S/C21H12N6S/c1-2-7-13(8-3-1)27-20(22-19-21(27)24-26-25-23-19)16-11-6-10-15-14-9-4-5-12-17(14)28-18(15)16/h1-12H. The molecule has 3 aromatic heterocycles. The van der Waals surface area contributed by atoms with Gasteiger partial charge in [-0.05, 0) is 34.7 Å². The van der Waals surface area contributed by atoms with E-state index in [4.69, 9.17) is 4.98 Å². The van der Waals surface area contributed by atoms with Gasteiger partial charge in [-0.3, -0.25) is 4.57 Å². The van der Waals surface area contributed by atoms with Crippen LogP contribution in [0.25, 0.3) is 48.5 Å². The van der Waals surface area contributed by atoms with Gasteiger partial charge in [0, 0.05) is 31.4 Å². The van der Waals surface area contributed by atoms with Crippen LogP contribution in [0.4, 0.5) is 0 Å². The Kier molecular flexibility index (Phi) is 3.24. The molecule has 0 unspecified atom stereocenters. The first-order valence-corrected chi connectivity index (χ1v) is 9.62. The maximum atomic E-state index is 4.77. The van der Waals surface area contributed by atoms with Crippen molar-refractivity contribution in [1.82, 2.24) is 30.2 Å². The predicted molar refractivity (Wildman–Crippen MR) is 111 cm³/mol. The smallest absolute Gasteiger partial charge is 0.224 e. The van der Waals surface area contributed by atoms with E-state index in [0.717, 1.165) is 17.1 Å². The Morgan fingerprint density at radius 2 is 1.50 bits per heavy atom. The third kappa shape index (κ3) is 2.17. The highest BCUT2D eigenvalue weighted by molar-refractivity contribution is 7.26. The second-order valence-corrected chi connectivity index (χ2v) is 7.47. The van der Waals surface area contributed by atoms with E-state index >= 15 is 0 Å². The average molecular weight is 380 g/mol. The van der Waals surface area contributed by atoms with Crippen molar-refractivity contribution in [3.8, 4) is 17.1 Å². The summed E-state index contributed by atoms with van der Waals surface area (Å²) in [7, 11) is 0. The van der Waals surface area contributed by atoms with Crippen molar-refractivity contribution in [3.63, 3.8) is 0 Å². The molecule has 6 nitrogen and oxygen atoms in total. The summed E-state index contributed by atoms with van der Waals surface area (Å²) >= 11 is 1.77. The molecule has 7 heteroatoms. The van der Waals surface area contributed by atoms with Crippen LogP contribution in [0, 0.1) is 0 Å². The maximum Gasteiger partial charge on any atom is 0.224 e. The number of thiophene rings is 1. The summed E-state index contributed by atoms with van der Waals surface area (Å²) in [5.74, 6) is 0.785. The molecule has 0 aliphatic rings. The maximum absolute atomic E-state index is 4.77. The summed E-state index contributed by atoms with van der Waals surface area (Å²) in [4.78, 5) is 4.77. The lowest BCUT2D eigenvalue weighted by molar-refractivity contribution is 0.785. The topological polar surface area (TPSA) is 69.4 Å². The van der Waals surface area contributed by atoms with Crippen molar-refractivity contribution < 1.29 is 0 Å². The molecule has 132 valence electrons. The molecule has 3 aromatic carbocycles. The molecule has 0 N–H and O–H groups in total. The molecular weight excluding hydrogens is 368 g/mol. The molecule has 0 saturated carbocycles. The first-order chi connectivity index (χ1) is 13.9. The quantitative estimate of drug-likeness (QED) is 0.438. The minimum Gasteiger partial charge on any atom is -0.274 e. The largest absolute Gasteiger partial charge is 0.274 e. The fourth-order valence-electron chi connectivity index (χ4n) is 3.61. The Balaban J connectivity index is 1.74. The first kappa shape index (κ1) is 15.4. The minimum atomic E-state index is 0.479. The van der Waals surface area contributed by atoms with Crippen molar-refractivity contribution in [2.45, 2.75) is 0 Å². The van der Waals surface area contributed by atoms with E-state index < -0.39 is 0 Å². The SMILES string of the molecule is c1ccc(-n2c(-c3cccc4c3sc3ccccc34)nc3nnnnc32)cc1. The summed E-state index contributed by atoms with van der Waals surface area (Å²) in [6.07, 6.45) is 0. The van der Waals surface area contributed by atoms with Crippen LogP contribution >= 0.6 is 11.3 Å².